The summed E-state index contributed by atoms with van der Waals surface area (Å²) in [7, 11) is 0. The largest absolute Gasteiger partial charge is 0.394 e. The molecule has 5 heteroatoms. The summed E-state index contributed by atoms with van der Waals surface area (Å²) >= 11 is 0. The summed E-state index contributed by atoms with van der Waals surface area (Å²) in [6.45, 7) is 8.98. The molecule has 0 saturated heterocycles. The second-order valence-electron chi connectivity index (χ2n) is 5.20. The van der Waals surface area contributed by atoms with Crippen LogP contribution >= 0.6 is 0 Å². The molecule has 1 heterocycles. The van der Waals surface area contributed by atoms with E-state index in [9.17, 15) is 4.79 Å². The highest BCUT2D eigenvalue weighted by atomic mass is 16.3. The zero-order chi connectivity index (χ0) is 14.4. The third-order valence-corrected chi connectivity index (χ3v) is 3.11. The van der Waals surface area contributed by atoms with E-state index in [1.165, 1.54) is 0 Å². The molecule has 19 heavy (non-hydrogen) atoms. The summed E-state index contributed by atoms with van der Waals surface area (Å²) in [6.07, 6.45) is 3.11. The van der Waals surface area contributed by atoms with Crippen LogP contribution in [0.4, 0.5) is 0 Å². The van der Waals surface area contributed by atoms with Crippen molar-refractivity contribution in [2.24, 2.45) is 5.92 Å². The van der Waals surface area contributed by atoms with Crippen LogP contribution in [0.25, 0.3) is 0 Å². The molecule has 0 aliphatic carbocycles. The smallest absolute Gasteiger partial charge is 0.255 e. The Bertz CT molecular complexity index is 409. The minimum absolute atomic E-state index is 0.0379. The third kappa shape index (κ3) is 4.06. The second kappa shape index (κ2) is 7.28. The third-order valence-electron chi connectivity index (χ3n) is 3.11. The highest BCUT2D eigenvalue weighted by Gasteiger charge is 2.18. The molecule has 0 fully saturated rings. The fraction of sp³-hybridized carbons (Fsp3) is 0.714. The molecule has 1 amide bonds. The quantitative estimate of drug-likeness (QED) is 0.788. The average molecular weight is 267 g/mol. The lowest BCUT2D eigenvalue weighted by Gasteiger charge is -2.14. The molecule has 0 spiro atoms. The first-order valence-corrected chi connectivity index (χ1v) is 6.99. The number of amides is 1. The summed E-state index contributed by atoms with van der Waals surface area (Å²) < 4.78 is 1.90. The van der Waals surface area contributed by atoms with Crippen LogP contribution in [-0.2, 0) is 13.0 Å². The van der Waals surface area contributed by atoms with Gasteiger partial charge in [0.15, 0.2) is 0 Å². The molecule has 1 atom stereocenters. The standard InChI is InChI=1S/C14H25N3O2/c1-5-11(9-18)16-14(19)12-7-15-17(8-10(3)4)13(12)6-2/h7,10-11,18H,5-6,8-9H2,1-4H3,(H,16,19). The number of hydrogen-bond donors (Lipinski definition) is 2. The summed E-state index contributed by atoms with van der Waals surface area (Å²) in [6, 6.07) is -0.189. The van der Waals surface area contributed by atoms with Crippen molar-refractivity contribution in [3.8, 4) is 0 Å². The number of carbonyl (C=O) groups excluding carboxylic acids is 1. The molecular weight excluding hydrogens is 242 g/mol. The van der Waals surface area contributed by atoms with Crippen LogP contribution in [-0.4, -0.2) is 33.4 Å². The fourth-order valence-electron chi connectivity index (χ4n) is 2.02. The first kappa shape index (κ1) is 15.7. The minimum Gasteiger partial charge on any atom is -0.394 e. The Morgan fingerprint density at radius 1 is 1.47 bits per heavy atom. The molecule has 108 valence electrons. The SMILES string of the molecule is CCc1c(C(=O)NC(CC)CO)cnn1CC(C)C. The van der Waals surface area contributed by atoms with Crippen LogP contribution < -0.4 is 5.32 Å². The molecular formula is C14H25N3O2. The van der Waals surface area contributed by atoms with Gasteiger partial charge in [0.2, 0.25) is 0 Å². The Balaban J connectivity index is 2.88. The maximum absolute atomic E-state index is 12.2. The molecule has 1 aromatic rings. The van der Waals surface area contributed by atoms with Gasteiger partial charge in [0.1, 0.15) is 0 Å². The van der Waals surface area contributed by atoms with E-state index < -0.39 is 0 Å². The van der Waals surface area contributed by atoms with E-state index in [1.807, 2.05) is 18.5 Å². The van der Waals surface area contributed by atoms with Crippen molar-refractivity contribution in [1.82, 2.24) is 15.1 Å². The Kier molecular flexibility index (Phi) is 6.02. The van der Waals surface area contributed by atoms with Gasteiger partial charge in [-0.05, 0) is 18.8 Å². The molecule has 2 N–H and O–H groups in total. The molecule has 1 aromatic heterocycles. The topological polar surface area (TPSA) is 67.2 Å². The van der Waals surface area contributed by atoms with Gasteiger partial charge in [-0.3, -0.25) is 9.48 Å². The van der Waals surface area contributed by atoms with Crippen molar-refractivity contribution in [2.75, 3.05) is 6.61 Å². The highest BCUT2D eigenvalue weighted by molar-refractivity contribution is 5.95. The van der Waals surface area contributed by atoms with Gasteiger partial charge < -0.3 is 10.4 Å². The Morgan fingerprint density at radius 3 is 2.63 bits per heavy atom. The van der Waals surface area contributed by atoms with E-state index in [4.69, 9.17) is 5.11 Å². The number of rotatable bonds is 7. The second-order valence-corrected chi connectivity index (χ2v) is 5.20. The molecule has 0 saturated carbocycles. The van der Waals surface area contributed by atoms with Gasteiger partial charge in [0.25, 0.3) is 5.91 Å². The lowest BCUT2D eigenvalue weighted by molar-refractivity contribution is 0.0914. The molecule has 1 unspecified atom stereocenters. The number of aliphatic hydroxyl groups is 1. The van der Waals surface area contributed by atoms with E-state index in [0.29, 0.717) is 17.9 Å². The number of hydrogen-bond acceptors (Lipinski definition) is 3. The molecule has 0 bridgehead atoms. The molecule has 0 radical (unpaired) electrons. The van der Waals surface area contributed by atoms with Gasteiger partial charge in [-0.15, -0.1) is 0 Å². The highest BCUT2D eigenvalue weighted by Crippen LogP contribution is 2.12. The Labute approximate surface area is 115 Å². The maximum atomic E-state index is 12.2. The fourth-order valence-corrected chi connectivity index (χ4v) is 2.02. The molecule has 1 rings (SSSR count). The normalized spacial score (nSPS) is 12.7. The minimum atomic E-state index is -0.189. The van der Waals surface area contributed by atoms with Crippen molar-refractivity contribution in [1.29, 1.82) is 0 Å². The number of aliphatic hydroxyl groups excluding tert-OH is 1. The molecule has 0 aromatic carbocycles. The van der Waals surface area contributed by atoms with Crippen molar-refractivity contribution < 1.29 is 9.90 Å². The van der Waals surface area contributed by atoms with E-state index in [-0.39, 0.29) is 18.6 Å². The zero-order valence-electron chi connectivity index (χ0n) is 12.3. The lowest BCUT2D eigenvalue weighted by atomic mass is 10.1. The molecule has 5 nitrogen and oxygen atoms in total. The average Bonchev–Trinajstić information content (AvgIpc) is 2.77. The van der Waals surface area contributed by atoms with Crippen LogP contribution in [0.5, 0.6) is 0 Å². The van der Waals surface area contributed by atoms with Gasteiger partial charge in [0.05, 0.1) is 30.1 Å². The van der Waals surface area contributed by atoms with Crippen LogP contribution in [0.15, 0.2) is 6.20 Å². The molecule has 0 aliphatic rings. The van der Waals surface area contributed by atoms with Gasteiger partial charge in [-0.1, -0.05) is 27.7 Å². The van der Waals surface area contributed by atoms with Crippen LogP contribution in [0.3, 0.4) is 0 Å². The van der Waals surface area contributed by atoms with Crippen molar-refractivity contribution in [2.45, 2.75) is 53.1 Å². The zero-order valence-corrected chi connectivity index (χ0v) is 12.3. The van der Waals surface area contributed by atoms with Gasteiger partial charge in [-0.2, -0.15) is 5.10 Å². The van der Waals surface area contributed by atoms with Gasteiger partial charge >= 0.3 is 0 Å². The van der Waals surface area contributed by atoms with Crippen LogP contribution in [0.1, 0.15) is 50.2 Å². The van der Waals surface area contributed by atoms with E-state index in [1.54, 1.807) is 6.20 Å². The van der Waals surface area contributed by atoms with E-state index in [2.05, 4.69) is 24.3 Å². The number of nitrogens with one attached hydrogen (secondary N) is 1. The monoisotopic (exact) mass is 267 g/mol. The van der Waals surface area contributed by atoms with Gasteiger partial charge in [0, 0.05) is 6.54 Å². The summed E-state index contributed by atoms with van der Waals surface area (Å²) in [5, 5.41) is 16.3. The number of aromatic nitrogens is 2. The predicted molar refractivity (Wildman–Crippen MR) is 75.1 cm³/mol. The number of carbonyl (C=O) groups is 1. The summed E-state index contributed by atoms with van der Waals surface area (Å²) in [4.78, 5) is 12.2. The number of nitrogens with zero attached hydrogens (tertiary/aromatic N) is 2. The first-order chi connectivity index (χ1) is 9.03. The van der Waals surface area contributed by atoms with Crippen molar-refractivity contribution in [3.63, 3.8) is 0 Å². The first-order valence-electron chi connectivity index (χ1n) is 6.99. The Hall–Kier alpha value is -1.36. The van der Waals surface area contributed by atoms with Crippen LogP contribution in [0, 0.1) is 5.92 Å². The van der Waals surface area contributed by atoms with Crippen molar-refractivity contribution >= 4 is 5.91 Å². The van der Waals surface area contributed by atoms with Gasteiger partial charge in [-0.25, -0.2) is 0 Å². The molecule has 0 aliphatic heterocycles. The van der Waals surface area contributed by atoms with Crippen LogP contribution in [0.2, 0.25) is 0 Å². The maximum Gasteiger partial charge on any atom is 0.255 e. The lowest BCUT2D eigenvalue weighted by Crippen LogP contribution is -2.37. The van der Waals surface area contributed by atoms with Crippen molar-refractivity contribution in [3.05, 3.63) is 17.5 Å². The predicted octanol–water partition coefficient (Wildman–Crippen LogP) is 1.60. The van der Waals surface area contributed by atoms with E-state index in [0.717, 1.165) is 18.7 Å². The van der Waals surface area contributed by atoms with E-state index >= 15 is 0 Å². The summed E-state index contributed by atoms with van der Waals surface area (Å²) in [5.41, 5.74) is 1.58. The Morgan fingerprint density at radius 2 is 2.16 bits per heavy atom. The summed E-state index contributed by atoms with van der Waals surface area (Å²) in [5.74, 6) is 0.342.